The lowest BCUT2D eigenvalue weighted by Crippen LogP contribution is -2.37. The van der Waals surface area contributed by atoms with Crippen molar-refractivity contribution >= 4 is 5.97 Å². The Labute approximate surface area is 90.9 Å². The van der Waals surface area contributed by atoms with E-state index in [0.717, 1.165) is 13.0 Å². The molecule has 0 aromatic heterocycles. The second kappa shape index (κ2) is 5.12. The van der Waals surface area contributed by atoms with E-state index in [0.29, 0.717) is 0 Å². The highest BCUT2D eigenvalue weighted by atomic mass is 16.4. The molecule has 1 aliphatic rings. The first-order valence-electron chi connectivity index (χ1n) is 5.31. The molecule has 3 nitrogen and oxygen atoms in total. The van der Waals surface area contributed by atoms with Crippen molar-refractivity contribution in [1.29, 1.82) is 0 Å². The standard InChI is InChI=1S/C12H19NO2/c1-10(8-11(14)15)13-9-12(2)6-4-3-5-7-12/h3-6,10,13H,7-9H2,1-2H3,(H,14,15). The Balaban J connectivity index is 2.33. The van der Waals surface area contributed by atoms with Gasteiger partial charge in [0.05, 0.1) is 6.42 Å². The summed E-state index contributed by atoms with van der Waals surface area (Å²) in [5, 5.41) is 11.9. The average Bonchev–Trinajstić information content (AvgIpc) is 2.15. The van der Waals surface area contributed by atoms with Crippen molar-refractivity contribution in [2.45, 2.75) is 32.7 Å². The number of allylic oxidation sites excluding steroid dienone is 3. The van der Waals surface area contributed by atoms with Gasteiger partial charge >= 0.3 is 5.97 Å². The molecule has 15 heavy (non-hydrogen) atoms. The molecule has 84 valence electrons. The first-order chi connectivity index (χ1) is 7.02. The van der Waals surface area contributed by atoms with Gasteiger partial charge in [-0.3, -0.25) is 4.79 Å². The fourth-order valence-corrected chi connectivity index (χ4v) is 1.64. The van der Waals surface area contributed by atoms with Crippen molar-refractivity contribution in [1.82, 2.24) is 5.32 Å². The van der Waals surface area contributed by atoms with Crippen LogP contribution in [0.25, 0.3) is 0 Å². The molecule has 0 saturated heterocycles. The van der Waals surface area contributed by atoms with Crippen LogP contribution in [0.4, 0.5) is 0 Å². The van der Waals surface area contributed by atoms with Crippen molar-refractivity contribution in [3.63, 3.8) is 0 Å². The van der Waals surface area contributed by atoms with Gasteiger partial charge in [-0.2, -0.15) is 0 Å². The first-order valence-corrected chi connectivity index (χ1v) is 5.31. The molecular weight excluding hydrogens is 190 g/mol. The van der Waals surface area contributed by atoms with Crippen molar-refractivity contribution in [3.8, 4) is 0 Å². The van der Waals surface area contributed by atoms with Crippen molar-refractivity contribution in [3.05, 3.63) is 24.3 Å². The van der Waals surface area contributed by atoms with Gasteiger partial charge in [-0.15, -0.1) is 0 Å². The first kappa shape index (κ1) is 12.0. The van der Waals surface area contributed by atoms with Gasteiger partial charge in [-0.1, -0.05) is 31.2 Å². The third-order valence-electron chi connectivity index (χ3n) is 2.67. The summed E-state index contributed by atoms with van der Waals surface area (Å²) >= 11 is 0. The largest absolute Gasteiger partial charge is 0.481 e. The van der Waals surface area contributed by atoms with Crippen LogP contribution in [-0.4, -0.2) is 23.7 Å². The van der Waals surface area contributed by atoms with Crippen molar-refractivity contribution in [2.24, 2.45) is 5.41 Å². The predicted octanol–water partition coefficient (Wildman–Crippen LogP) is 1.96. The summed E-state index contributed by atoms with van der Waals surface area (Å²) in [7, 11) is 0. The summed E-state index contributed by atoms with van der Waals surface area (Å²) in [5.41, 5.74) is 0.127. The topological polar surface area (TPSA) is 49.3 Å². The molecule has 2 atom stereocenters. The molecule has 0 spiro atoms. The van der Waals surface area contributed by atoms with E-state index in [1.807, 2.05) is 19.1 Å². The van der Waals surface area contributed by atoms with Crippen LogP contribution in [0.3, 0.4) is 0 Å². The van der Waals surface area contributed by atoms with Gasteiger partial charge in [0.1, 0.15) is 0 Å². The number of aliphatic carboxylic acids is 1. The second-order valence-electron chi connectivity index (χ2n) is 4.53. The zero-order chi connectivity index (χ0) is 11.3. The van der Waals surface area contributed by atoms with E-state index in [2.05, 4.69) is 24.4 Å². The van der Waals surface area contributed by atoms with E-state index in [4.69, 9.17) is 5.11 Å². The Morgan fingerprint density at radius 2 is 2.33 bits per heavy atom. The summed E-state index contributed by atoms with van der Waals surface area (Å²) in [6.07, 6.45) is 9.60. The lowest BCUT2D eigenvalue weighted by molar-refractivity contribution is -0.137. The normalized spacial score (nSPS) is 26.5. The van der Waals surface area contributed by atoms with Crippen LogP contribution in [0, 0.1) is 5.41 Å². The third-order valence-corrected chi connectivity index (χ3v) is 2.67. The Kier molecular flexibility index (Phi) is 4.09. The molecule has 0 aromatic carbocycles. The number of nitrogens with one attached hydrogen (secondary N) is 1. The molecule has 1 aliphatic carbocycles. The maximum absolute atomic E-state index is 10.5. The van der Waals surface area contributed by atoms with E-state index < -0.39 is 5.97 Å². The highest BCUT2D eigenvalue weighted by Gasteiger charge is 2.21. The van der Waals surface area contributed by atoms with Crippen LogP contribution >= 0.6 is 0 Å². The van der Waals surface area contributed by atoms with Crippen LogP contribution in [0.2, 0.25) is 0 Å². The van der Waals surface area contributed by atoms with Crippen LogP contribution < -0.4 is 5.32 Å². The molecule has 0 aliphatic heterocycles. The number of hydrogen-bond donors (Lipinski definition) is 2. The Hall–Kier alpha value is -1.09. The lowest BCUT2D eigenvalue weighted by Gasteiger charge is -2.28. The molecule has 3 heteroatoms. The fourth-order valence-electron chi connectivity index (χ4n) is 1.64. The predicted molar refractivity (Wildman–Crippen MR) is 60.7 cm³/mol. The number of carbonyl (C=O) groups is 1. The zero-order valence-corrected chi connectivity index (χ0v) is 9.36. The van der Waals surface area contributed by atoms with Crippen LogP contribution in [0.1, 0.15) is 26.7 Å². The zero-order valence-electron chi connectivity index (χ0n) is 9.36. The van der Waals surface area contributed by atoms with Crippen molar-refractivity contribution < 1.29 is 9.90 Å². The molecule has 0 bridgehead atoms. The van der Waals surface area contributed by atoms with Gasteiger partial charge < -0.3 is 10.4 Å². The van der Waals surface area contributed by atoms with Crippen LogP contribution in [0.5, 0.6) is 0 Å². The summed E-state index contributed by atoms with van der Waals surface area (Å²) in [4.78, 5) is 10.5. The molecule has 0 amide bonds. The van der Waals surface area contributed by atoms with E-state index in [1.165, 1.54) is 0 Å². The summed E-state index contributed by atoms with van der Waals surface area (Å²) in [6.45, 7) is 4.90. The molecule has 0 radical (unpaired) electrons. The molecule has 2 unspecified atom stereocenters. The smallest absolute Gasteiger partial charge is 0.304 e. The number of rotatable bonds is 5. The molecular formula is C12H19NO2. The average molecular weight is 209 g/mol. The Morgan fingerprint density at radius 1 is 1.60 bits per heavy atom. The molecule has 0 aromatic rings. The van der Waals surface area contributed by atoms with Gasteiger partial charge in [0.15, 0.2) is 0 Å². The van der Waals surface area contributed by atoms with Gasteiger partial charge in [-0.25, -0.2) is 0 Å². The van der Waals surface area contributed by atoms with Crippen molar-refractivity contribution in [2.75, 3.05) is 6.54 Å². The monoisotopic (exact) mass is 209 g/mol. The van der Waals surface area contributed by atoms with E-state index >= 15 is 0 Å². The quantitative estimate of drug-likeness (QED) is 0.727. The molecule has 2 N–H and O–H groups in total. The van der Waals surface area contributed by atoms with Gasteiger partial charge in [-0.05, 0) is 13.3 Å². The maximum Gasteiger partial charge on any atom is 0.304 e. The fraction of sp³-hybridized carbons (Fsp3) is 0.583. The highest BCUT2D eigenvalue weighted by molar-refractivity contribution is 5.67. The van der Waals surface area contributed by atoms with E-state index in [9.17, 15) is 4.79 Å². The summed E-state index contributed by atoms with van der Waals surface area (Å²) in [6, 6.07) is 0.0265. The van der Waals surface area contributed by atoms with Gasteiger partial charge in [0, 0.05) is 18.0 Å². The minimum absolute atomic E-state index is 0.0265. The van der Waals surface area contributed by atoms with Gasteiger partial charge in [0.2, 0.25) is 0 Å². The second-order valence-corrected chi connectivity index (χ2v) is 4.53. The Morgan fingerprint density at radius 3 is 2.87 bits per heavy atom. The van der Waals surface area contributed by atoms with Crippen LogP contribution in [0.15, 0.2) is 24.3 Å². The minimum atomic E-state index is -0.751. The minimum Gasteiger partial charge on any atom is -0.481 e. The number of hydrogen-bond acceptors (Lipinski definition) is 2. The SMILES string of the molecule is CC(CC(=O)O)NCC1(C)C=CC=CC1. The lowest BCUT2D eigenvalue weighted by atomic mass is 9.83. The number of carboxylic acid groups (broad SMARTS) is 1. The number of carboxylic acids is 1. The third kappa shape index (κ3) is 4.30. The highest BCUT2D eigenvalue weighted by Crippen LogP contribution is 2.26. The molecule has 0 fully saturated rings. The Bertz CT molecular complexity index is 283. The van der Waals surface area contributed by atoms with Crippen LogP contribution in [-0.2, 0) is 4.79 Å². The summed E-state index contributed by atoms with van der Waals surface area (Å²) < 4.78 is 0. The molecule has 0 heterocycles. The molecule has 1 rings (SSSR count). The summed E-state index contributed by atoms with van der Waals surface area (Å²) in [5.74, 6) is -0.751. The molecule has 0 saturated carbocycles. The maximum atomic E-state index is 10.5. The van der Waals surface area contributed by atoms with E-state index in [1.54, 1.807) is 0 Å². The van der Waals surface area contributed by atoms with E-state index in [-0.39, 0.29) is 17.9 Å². The van der Waals surface area contributed by atoms with Gasteiger partial charge in [0.25, 0.3) is 0 Å².